The number of amides is 1. The quantitative estimate of drug-likeness (QED) is 0.668. The topological polar surface area (TPSA) is 64.8 Å². The lowest BCUT2D eigenvalue weighted by molar-refractivity contribution is -0.136. The minimum atomic E-state index is -0.443. The summed E-state index contributed by atoms with van der Waals surface area (Å²) in [5.74, 6) is 0.385. The fourth-order valence-electron chi connectivity index (χ4n) is 1.89. The van der Waals surface area contributed by atoms with Crippen LogP contribution in [0.5, 0.6) is 0 Å². The molecule has 0 aromatic carbocycles. The van der Waals surface area contributed by atoms with Gasteiger partial charge in [0.25, 0.3) is 0 Å². The Morgan fingerprint density at radius 3 is 2.28 bits per heavy atom. The largest absolute Gasteiger partial charge is 0.383 e. The lowest BCUT2D eigenvalue weighted by Gasteiger charge is -2.31. The van der Waals surface area contributed by atoms with Crippen molar-refractivity contribution >= 4 is 5.91 Å². The van der Waals surface area contributed by atoms with Gasteiger partial charge in [-0.1, -0.05) is 13.8 Å². The van der Waals surface area contributed by atoms with E-state index in [-0.39, 0.29) is 11.9 Å². The monoisotopic (exact) mass is 260 g/mol. The van der Waals surface area contributed by atoms with Gasteiger partial charge < -0.3 is 20.1 Å². The lowest BCUT2D eigenvalue weighted by Crippen LogP contribution is -2.50. The second kappa shape index (κ2) is 9.30. The van der Waals surface area contributed by atoms with E-state index in [1.54, 1.807) is 19.1 Å². The zero-order valence-corrected chi connectivity index (χ0v) is 12.3. The number of hydrogen-bond acceptors (Lipinski definition) is 4. The molecule has 0 saturated heterocycles. The molecule has 2 unspecified atom stereocenters. The Balaban J connectivity index is 4.56. The molecular weight excluding hydrogens is 232 g/mol. The molecule has 1 amide bonds. The second-order valence-electron chi connectivity index (χ2n) is 5.06. The van der Waals surface area contributed by atoms with E-state index in [0.29, 0.717) is 32.1 Å². The highest BCUT2D eigenvalue weighted by molar-refractivity contribution is 5.82. The summed E-state index contributed by atoms with van der Waals surface area (Å²) in [6.07, 6.45) is 0.696. The van der Waals surface area contributed by atoms with E-state index in [1.165, 1.54) is 0 Å². The molecule has 2 atom stereocenters. The molecule has 0 aliphatic heterocycles. The van der Waals surface area contributed by atoms with Gasteiger partial charge in [-0.15, -0.1) is 0 Å². The summed E-state index contributed by atoms with van der Waals surface area (Å²) in [7, 11) is 3.25. The molecule has 2 N–H and O–H groups in total. The third-order valence-corrected chi connectivity index (χ3v) is 2.80. The maximum Gasteiger partial charge on any atom is 0.239 e. The molecule has 5 nitrogen and oxygen atoms in total. The van der Waals surface area contributed by atoms with E-state index in [0.717, 1.165) is 0 Å². The minimum Gasteiger partial charge on any atom is -0.383 e. The van der Waals surface area contributed by atoms with Crippen LogP contribution in [0.15, 0.2) is 0 Å². The van der Waals surface area contributed by atoms with E-state index in [9.17, 15) is 4.79 Å². The number of ether oxygens (including phenoxy) is 2. The first-order valence-electron chi connectivity index (χ1n) is 6.47. The van der Waals surface area contributed by atoms with Crippen LogP contribution in [0, 0.1) is 5.92 Å². The number of nitrogens with zero attached hydrogens (tertiary/aromatic N) is 1. The van der Waals surface area contributed by atoms with Gasteiger partial charge in [0.15, 0.2) is 0 Å². The van der Waals surface area contributed by atoms with E-state index >= 15 is 0 Å². The highest BCUT2D eigenvalue weighted by Crippen LogP contribution is 2.09. The van der Waals surface area contributed by atoms with Crippen LogP contribution in [0.1, 0.15) is 27.2 Å². The zero-order valence-electron chi connectivity index (χ0n) is 12.3. The van der Waals surface area contributed by atoms with Crippen LogP contribution in [-0.2, 0) is 14.3 Å². The van der Waals surface area contributed by atoms with Crippen molar-refractivity contribution in [2.24, 2.45) is 11.7 Å². The maximum atomic E-state index is 12.3. The van der Waals surface area contributed by atoms with Crippen molar-refractivity contribution in [3.05, 3.63) is 0 Å². The van der Waals surface area contributed by atoms with Crippen molar-refractivity contribution in [1.29, 1.82) is 0 Å². The fraction of sp³-hybridized carbons (Fsp3) is 0.923. The first-order chi connectivity index (χ1) is 8.43. The summed E-state index contributed by atoms with van der Waals surface area (Å²) >= 11 is 0. The van der Waals surface area contributed by atoms with E-state index in [4.69, 9.17) is 15.2 Å². The number of methoxy groups -OCH3 is 2. The van der Waals surface area contributed by atoms with Crippen molar-refractivity contribution in [2.75, 3.05) is 34.0 Å². The number of carbonyl (C=O) groups excluding carboxylic acids is 1. The SMILES string of the molecule is COCCN(C(=O)C(N)CC(C)C)C(C)COC. The van der Waals surface area contributed by atoms with Gasteiger partial charge in [-0.25, -0.2) is 0 Å². The molecule has 18 heavy (non-hydrogen) atoms. The molecule has 0 aliphatic rings. The Morgan fingerprint density at radius 1 is 1.22 bits per heavy atom. The number of hydrogen-bond donors (Lipinski definition) is 1. The Hall–Kier alpha value is -0.650. The molecule has 0 fully saturated rings. The van der Waals surface area contributed by atoms with Crippen LogP contribution in [0.25, 0.3) is 0 Å². The molecule has 0 aliphatic carbocycles. The van der Waals surface area contributed by atoms with E-state index in [1.807, 2.05) is 6.92 Å². The van der Waals surface area contributed by atoms with E-state index < -0.39 is 6.04 Å². The first kappa shape index (κ1) is 17.4. The molecule has 0 aromatic rings. The van der Waals surface area contributed by atoms with Gasteiger partial charge in [0, 0.05) is 20.8 Å². The molecule has 0 heterocycles. The lowest BCUT2D eigenvalue weighted by atomic mass is 10.0. The summed E-state index contributed by atoms with van der Waals surface area (Å²) in [5.41, 5.74) is 5.95. The maximum absolute atomic E-state index is 12.3. The third kappa shape index (κ3) is 6.33. The third-order valence-electron chi connectivity index (χ3n) is 2.80. The molecule has 5 heteroatoms. The standard InChI is InChI=1S/C13H28N2O3/c1-10(2)8-12(14)13(16)15(6-7-17-4)11(3)9-18-5/h10-12H,6-9,14H2,1-5H3. The van der Waals surface area contributed by atoms with Crippen LogP contribution >= 0.6 is 0 Å². The van der Waals surface area contributed by atoms with Gasteiger partial charge in [-0.05, 0) is 19.3 Å². The molecule has 0 saturated carbocycles. The smallest absolute Gasteiger partial charge is 0.239 e. The molecule has 0 bridgehead atoms. The van der Waals surface area contributed by atoms with E-state index in [2.05, 4.69) is 13.8 Å². The number of rotatable bonds is 9. The predicted molar refractivity (Wildman–Crippen MR) is 72.4 cm³/mol. The van der Waals surface area contributed by atoms with Gasteiger partial charge in [-0.2, -0.15) is 0 Å². The summed E-state index contributed by atoms with van der Waals surface area (Å²) in [6.45, 7) is 7.64. The van der Waals surface area contributed by atoms with Gasteiger partial charge in [0.2, 0.25) is 5.91 Å². The Kier molecular flexibility index (Phi) is 8.97. The molecule has 0 aromatic heterocycles. The minimum absolute atomic E-state index is 0.0101. The summed E-state index contributed by atoms with van der Waals surface area (Å²) < 4.78 is 10.1. The first-order valence-corrected chi connectivity index (χ1v) is 6.47. The van der Waals surface area contributed by atoms with Crippen molar-refractivity contribution < 1.29 is 14.3 Å². The zero-order chi connectivity index (χ0) is 14.1. The van der Waals surface area contributed by atoms with Crippen molar-refractivity contribution in [3.8, 4) is 0 Å². The fourth-order valence-corrected chi connectivity index (χ4v) is 1.89. The summed E-state index contributed by atoms with van der Waals surface area (Å²) in [5, 5.41) is 0. The highest BCUT2D eigenvalue weighted by Gasteiger charge is 2.25. The highest BCUT2D eigenvalue weighted by atomic mass is 16.5. The van der Waals surface area contributed by atoms with Crippen molar-refractivity contribution in [1.82, 2.24) is 4.90 Å². The molecule has 0 rings (SSSR count). The number of carbonyl (C=O) groups is 1. The van der Waals surface area contributed by atoms with Gasteiger partial charge in [0.05, 0.1) is 25.3 Å². The van der Waals surface area contributed by atoms with Gasteiger partial charge in [-0.3, -0.25) is 4.79 Å². The summed E-state index contributed by atoms with van der Waals surface area (Å²) in [6, 6.07) is -0.433. The van der Waals surface area contributed by atoms with Crippen LogP contribution in [0.2, 0.25) is 0 Å². The second-order valence-corrected chi connectivity index (χ2v) is 5.06. The summed E-state index contributed by atoms with van der Waals surface area (Å²) in [4.78, 5) is 14.0. The molecule has 0 radical (unpaired) electrons. The van der Waals surface area contributed by atoms with Crippen molar-refractivity contribution in [2.45, 2.75) is 39.3 Å². The molecule has 108 valence electrons. The van der Waals surface area contributed by atoms with Gasteiger partial charge in [0.1, 0.15) is 0 Å². The molecule has 0 spiro atoms. The molecular formula is C13H28N2O3. The van der Waals surface area contributed by atoms with Crippen LogP contribution in [-0.4, -0.2) is 56.9 Å². The van der Waals surface area contributed by atoms with Crippen LogP contribution in [0.4, 0.5) is 0 Å². The van der Waals surface area contributed by atoms with Gasteiger partial charge >= 0.3 is 0 Å². The Labute approximate surface area is 111 Å². The van der Waals surface area contributed by atoms with Crippen LogP contribution < -0.4 is 5.73 Å². The van der Waals surface area contributed by atoms with Crippen LogP contribution in [0.3, 0.4) is 0 Å². The van der Waals surface area contributed by atoms with Crippen molar-refractivity contribution in [3.63, 3.8) is 0 Å². The Bertz CT molecular complexity index is 234. The average molecular weight is 260 g/mol. The normalized spacial score (nSPS) is 14.6. The average Bonchev–Trinajstić information content (AvgIpc) is 2.28. The number of nitrogens with two attached hydrogens (primary N) is 1. The Morgan fingerprint density at radius 2 is 1.83 bits per heavy atom. The predicted octanol–water partition coefficient (Wildman–Crippen LogP) is 0.870.